The van der Waals surface area contributed by atoms with E-state index in [0.717, 1.165) is 49.2 Å². The largest absolute Gasteiger partial charge is 0.490 e. The molecule has 0 saturated carbocycles. The number of alkyl halides is 3. The maximum atomic E-state index is 10.6. The van der Waals surface area contributed by atoms with E-state index in [1.165, 1.54) is 6.42 Å². The van der Waals surface area contributed by atoms with Crippen LogP contribution in [0.25, 0.3) is 0 Å². The average Bonchev–Trinajstić information content (AvgIpc) is 3.34. The molecule has 2 N–H and O–H groups in total. The van der Waals surface area contributed by atoms with Crippen molar-refractivity contribution in [2.75, 3.05) is 13.1 Å². The number of nitrogens with one attached hydrogen (secondary N) is 1. The van der Waals surface area contributed by atoms with Gasteiger partial charge in [-0.1, -0.05) is 0 Å². The van der Waals surface area contributed by atoms with Gasteiger partial charge in [0, 0.05) is 6.54 Å². The normalized spacial score (nSPS) is 24.7. The number of carbonyl (C=O) groups is 1. The van der Waals surface area contributed by atoms with E-state index in [0.29, 0.717) is 5.92 Å². The molecule has 4 rings (SSSR count). The van der Waals surface area contributed by atoms with Gasteiger partial charge in [0.05, 0.1) is 12.6 Å². The number of ether oxygens (including phenoxy) is 1. The number of carboxylic acid groups (broad SMARTS) is 1. The van der Waals surface area contributed by atoms with Crippen LogP contribution < -0.4 is 0 Å². The molecule has 3 atom stereocenters. The second-order valence-electron chi connectivity index (χ2n) is 7.28. The summed E-state index contributed by atoms with van der Waals surface area (Å²) in [7, 11) is 0. The molecule has 2 aromatic heterocycles. The second-order valence-corrected chi connectivity index (χ2v) is 7.28. The Labute approximate surface area is 165 Å². The van der Waals surface area contributed by atoms with Crippen LogP contribution in [0.3, 0.4) is 0 Å². The molecule has 0 radical (unpaired) electrons. The third-order valence-electron chi connectivity index (χ3n) is 4.96. The van der Waals surface area contributed by atoms with Crippen molar-refractivity contribution in [1.29, 1.82) is 0 Å². The molecule has 2 aliphatic rings. The number of aryl methyl sites for hydroxylation is 2. The van der Waals surface area contributed by atoms with E-state index in [1.54, 1.807) is 0 Å². The lowest BCUT2D eigenvalue weighted by Crippen LogP contribution is -2.41. The zero-order chi connectivity index (χ0) is 21.2. The molecule has 0 amide bonds. The molecule has 2 fully saturated rings. The van der Waals surface area contributed by atoms with Gasteiger partial charge in [-0.3, -0.25) is 10.00 Å². The number of furan rings is 1. The minimum absolute atomic E-state index is 0.0470. The topological polar surface area (TPSA) is 104 Å². The molecule has 0 aliphatic carbocycles. The SMILES string of the molecule is Cc1nc([C@H]2C[C@@H]3CCN(Cc4ccc(C)o4)C[C@H]3O2)n[nH]1.O=C(O)C(F)(F)F. The van der Waals surface area contributed by atoms with Crippen LogP contribution in [0.15, 0.2) is 16.5 Å². The summed E-state index contributed by atoms with van der Waals surface area (Å²) in [6.07, 6.45) is -2.54. The first-order chi connectivity index (χ1) is 13.6. The number of likely N-dealkylation sites (tertiary alicyclic amines) is 1. The van der Waals surface area contributed by atoms with Crippen molar-refractivity contribution in [3.63, 3.8) is 0 Å². The molecule has 29 heavy (non-hydrogen) atoms. The zero-order valence-corrected chi connectivity index (χ0v) is 16.1. The van der Waals surface area contributed by atoms with Crippen LogP contribution in [0.2, 0.25) is 0 Å². The summed E-state index contributed by atoms with van der Waals surface area (Å²) in [6, 6.07) is 4.09. The van der Waals surface area contributed by atoms with E-state index in [4.69, 9.17) is 19.1 Å². The van der Waals surface area contributed by atoms with Crippen LogP contribution in [-0.2, 0) is 16.1 Å². The maximum Gasteiger partial charge on any atom is 0.490 e. The first-order valence-corrected chi connectivity index (χ1v) is 9.24. The van der Waals surface area contributed by atoms with Crippen LogP contribution >= 0.6 is 0 Å². The summed E-state index contributed by atoms with van der Waals surface area (Å²) >= 11 is 0. The molecule has 2 saturated heterocycles. The second kappa shape index (κ2) is 8.54. The van der Waals surface area contributed by atoms with Crippen LogP contribution in [0.1, 0.15) is 42.1 Å². The van der Waals surface area contributed by atoms with Crippen molar-refractivity contribution in [3.05, 3.63) is 35.3 Å². The molecule has 0 bridgehead atoms. The van der Waals surface area contributed by atoms with Gasteiger partial charge in [0.1, 0.15) is 23.4 Å². The highest BCUT2D eigenvalue weighted by Crippen LogP contribution is 2.40. The van der Waals surface area contributed by atoms with Crippen molar-refractivity contribution >= 4 is 5.97 Å². The first kappa shape index (κ1) is 21.3. The van der Waals surface area contributed by atoms with Gasteiger partial charge in [-0.2, -0.15) is 18.3 Å². The van der Waals surface area contributed by atoms with Crippen LogP contribution in [0, 0.1) is 19.8 Å². The van der Waals surface area contributed by atoms with Crippen LogP contribution in [-0.4, -0.2) is 56.5 Å². The van der Waals surface area contributed by atoms with Crippen molar-refractivity contribution in [3.8, 4) is 0 Å². The van der Waals surface area contributed by atoms with Gasteiger partial charge >= 0.3 is 12.1 Å². The number of hydrogen-bond donors (Lipinski definition) is 2. The monoisotopic (exact) mass is 416 g/mol. The third kappa shape index (κ3) is 5.57. The van der Waals surface area contributed by atoms with Crippen LogP contribution in [0.5, 0.6) is 0 Å². The highest BCUT2D eigenvalue weighted by atomic mass is 19.4. The number of aromatic amines is 1. The van der Waals surface area contributed by atoms with E-state index in [9.17, 15) is 13.2 Å². The number of fused-ring (bicyclic) bond motifs is 1. The third-order valence-corrected chi connectivity index (χ3v) is 4.96. The molecule has 160 valence electrons. The first-order valence-electron chi connectivity index (χ1n) is 9.24. The summed E-state index contributed by atoms with van der Waals surface area (Å²) < 4.78 is 43.6. The van der Waals surface area contributed by atoms with E-state index >= 15 is 0 Å². The van der Waals surface area contributed by atoms with Crippen molar-refractivity contribution in [1.82, 2.24) is 20.1 Å². The number of carboxylic acids is 1. The highest BCUT2D eigenvalue weighted by molar-refractivity contribution is 5.73. The number of nitrogens with zero attached hydrogens (tertiary/aromatic N) is 3. The molecule has 4 heterocycles. The fourth-order valence-corrected chi connectivity index (χ4v) is 3.60. The summed E-state index contributed by atoms with van der Waals surface area (Å²) in [5, 5.41) is 14.3. The Bertz CT molecular complexity index is 835. The number of H-pyrrole nitrogens is 1. The fourth-order valence-electron chi connectivity index (χ4n) is 3.60. The minimum Gasteiger partial charge on any atom is -0.475 e. The molecular formula is C18H23F3N4O4. The van der Waals surface area contributed by atoms with E-state index < -0.39 is 12.1 Å². The minimum atomic E-state index is -5.08. The molecule has 11 heteroatoms. The Morgan fingerprint density at radius 2 is 2.10 bits per heavy atom. The standard InChI is InChI=1S/C16H22N4O2.C2HF3O2/c1-10-3-4-13(21-10)8-20-6-5-12-7-14(22-15(12)9-20)16-17-11(2)18-19-16;3-2(4,5)1(6)7/h3-4,12,14-15H,5-9H2,1-2H3,(H,17,18,19);(H,6,7)/t12-,14+,15+;/m0./s1. The molecule has 2 aromatic rings. The van der Waals surface area contributed by atoms with Gasteiger partial charge < -0.3 is 14.3 Å². The number of halogens is 3. The molecule has 8 nitrogen and oxygen atoms in total. The fraction of sp³-hybridized carbons (Fsp3) is 0.611. The predicted octanol–water partition coefficient (Wildman–Crippen LogP) is 3.00. The lowest BCUT2D eigenvalue weighted by atomic mass is 9.91. The van der Waals surface area contributed by atoms with Gasteiger partial charge in [-0.05, 0) is 51.3 Å². The summed E-state index contributed by atoms with van der Waals surface area (Å²) in [5.41, 5.74) is 0. The summed E-state index contributed by atoms with van der Waals surface area (Å²) in [6.45, 7) is 6.84. The number of aromatic nitrogens is 3. The molecule has 0 aromatic carbocycles. The van der Waals surface area contributed by atoms with Gasteiger partial charge in [-0.15, -0.1) is 0 Å². The van der Waals surface area contributed by atoms with Crippen molar-refractivity contribution in [2.45, 2.75) is 51.6 Å². The smallest absolute Gasteiger partial charge is 0.475 e. The quantitative estimate of drug-likeness (QED) is 0.793. The van der Waals surface area contributed by atoms with Gasteiger partial charge in [0.2, 0.25) is 0 Å². The van der Waals surface area contributed by atoms with E-state index in [2.05, 4.69) is 26.1 Å². The molecule has 0 unspecified atom stereocenters. The Hall–Kier alpha value is -2.40. The molecule has 2 aliphatic heterocycles. The molecule has 0 spiro atoms. The molecular weight excluding hydrogens is 393 g/mol. The lowest BCUT2D eigenvalue weighted by Gasteiger charge is -2.33. The maximum absolute atomic E-state index is 10.6. The number of rotatable bonds is 3. The van der Waals surface area contributed by atoms with Crippen molar-refractivity contribution < 1.29 is 32.2 Å². The van der Waals surface area contributed by atoms with Gasteiger partial charge in [-0.25, -0.2) is 9.78 Å². The van der Waals surface area contributed by atoms with Gasteiger partial charge in [0.25, 0.3) is 0 Å². The Kier molecular flexibility index (Phi) is 6.27. The summed E-state index contributed by atoms with van der Waals surface area (Å²) in [5.74, 6) is 1.53. The van der Waals surface area contributed by atoms with Crippen molar-refractivity contribution in [2.24, 2.45) is 5.92 Å². The highest BCUT2D eigenvalue weighted by Gasteiger charge is 2.41. The number of hydrogen-bond acceptors (Lipinski definition) is 6. The predicted molar refractivity (Wildman–Crippen MR) is 93.9 cm³/mol. The Balaban J connectivity index is 0.000000298. The Morgan fingerprint density at radius 3 is 2.66 bits per heavy atom. The van der Waals surface area contributed by atoms with E-state index in [1.807, 2.05) is 19.9 Å². The lowest BCUT2D eigenvalue weighted by molar-refractivity contribution is -0.192. The van der Waals surface area contributed by atoms with E-state index in [-0.39, 0.29) is 12.2 Å². The zero-order valence-electron chi connectivity index (χ0n) is 16.1. The summed E-state index contributed by atoms with van der Waals surface area (Å²) in [4.78, 5) is 15.7. The Morgan fingerprint density at radius 1 is 1.38 bits per heavy atom. The number of piperidine rings is 1. The van der Waals surface area contributed by atoms with Gasteiger partial charge in [0.15, 0.2) is 5.82 Å². The van der Waals surface area contributed by atoms with Crippen LogP contribution in [0.4, 0.5) is 13.2 Å². The average molecular weight is 416 g/mol. The number of aliphatic carboxylic acids is 1.